The molecule has 0 unspecified atom stereocenters. The summed E-state index contributed by atoms with van der Waals surface area (Å²) >= 11 is 5.98. The van der Waals surface area contributed by atoms with Crippen LogP contribution < -0.4 is 5.11 Å². The molecule has 0 aliphatic rings. The molecule has 3 aromatic carbocycles. The molecular formula is C21H13ClN3O4-. The molecule has 0 radical (unpaired) electrons. The van der Waals surface area contributed by atoms with Crippen LogP contribution in [0, 0.1) is 17.0 Å². The molecule has 29 heavy (non-hydrogen) atoms. The summed E-state index contributed by atoms with van der Waals surface area (Å²) in [5, 5.41) is 23.8. The Morgan fingerprint density at radius 3 is 2.79 bits per heavy atom. The fourth-order valence-corrected chi connectivity index (χ4v) is 3.07. The Balaban J connectivity index is 1.68. The van der Waals surface area contributed by atoms with Crippen molar-refractivity contribution < 1.29 is 14.4 Å². The molecule has 0 saturated carbocycles. The molecule has 1 aromatic heterocycles. The Morgan fingerprint density at radius 2 is 2.00 bits per heavy atom. The van der Waals surface area contributed by atoms with E-state index in [2.05, 4.69) is 9.98 Å². The number of fused-ring (bicyclic) bond motifs is 1. The van der Waals surface area contributed by atoms with Gasteiger partial charge in [0.1, 0.15) is 5.52 Å². The van der Waals surface area contributed by atoms with E-state index in [1.54, 1.807) is 49.4 Å². The molecule has 0 saturated heterocycles. The van der Waals surface area contributed by atoms with Crippen LogP contribution in [-0.2, 0) is 0 Å². The fraction of sp³-hybridized carbons (Fsp3) is 0.0476. The SMILES string of the molecule is Cc1cc(C=Nc2cccc(-c3nc4cc(Cl)ccc4o3)c2)c([O-])c([N+](=O)[O-])c1. The predicted molar refractivity (Wildman–Crippen MR) is 109 cm³/mol. The van der Waals surface area contributed by atoms with Crippen LogP contribution in [0.3, 0.4) is 0 Å². The zero-order valence-electron chi connectivity index (χ0n) is 15.1. The van der Waals surface area contributed by atoms with Crippen LogP contribution in [0.4, 0.5) is 11.4 Å². The van der Waals surface area contributed by atoms with Gasteiger partial charge in [0, 0.05) is 22.9 Å². The number of halogens is 1. The maximum atomic E-state index is 12.2. The number of benzene rings is 3. The van der Waals surface area contributed by atoms with Crippen molar-refractivity contribution in [3.63, 3.8) is 0 Å². The third-order valence-electron chi connectivity index (χ3n) is 4.23. The van der Waals surface area contributed by atoms with Gasteiger partial charge in [0.05, 0.1) is 10.6 Å². The Hall–Kier alpha value is -3.71. The van der Waals surface area contributed by atoms with Gasteiger partial charge in [0.2, 0.25) is 5.89 Å². The highest BCUT2D eigenvalue weighted by Gasteiger charge is 2.11. The third-order valence-corrected chi connectivity index (χ3v) is 4.47. The van der Waals surface area contributed by atoms with E-state index in [-0.39, 0.29) is 5.56 Å². The van der Waals surface area contributed by atoms with Crippen LogP contribution in [0.2, 0.25) is 5.02 Å². The van der Waals surface area contributed by atoms with Crippen LogP contribution in [0.5, 0.6) is 5.75 Å². The lowest BCUT2D eigenvalue weighted by Gasteiger charge is -2.11. The Bertz CT molecular complexity index is 1280. The van der Waals surface area contributed by atoms with Crippen LogP contribution in [0.15, 0.2) is 64.0 Å². The molecule has 0 aliphatic heterocycles. The lowest BCUT2D eigenvalue weighted by atomic mass is 10.1. The molecule has 7 nitrogen and oxygen atoms in total. The molecule has 4 aromatic rings. The van der Waals surface area contributed by atoms with E-state index in [1.807, 2.05) is 6.07 Å². The van der Waals surface area contributed by atoms with Gasteiger partial charge in [-0.3, -0.25) is 15.1 Å². The van der Waals surface area contributed by atoms with E-state index >= 15 is 0 Å². The number of nitro benzene ring substituents is 1. The Labute approximate surface area is 170 Å². The molecule has 0 aliphatic carbocycles. The standard InChI is InChI=1S/C21H14ClN3O4/c1-12-7-14(20(26)18(8-12)25(27)28)11-23-16-4-2-3-13(9-16)21-24-17-10-15(22)5-6-19(17)29-21/h2-11,26H,1H3/p-1. The summed E-state index contributed by atoms with van der Waals surface area (Å²) in [6, 6.07) is 15.1. The van der Waals surface area contributed by atoms with E-state index in [9.17, 15) is 15.2 Å². The van der Waals surface area contributed by atoms with E-state index in [4.69, 9.17) is 16.0 Å². The Morgan fingerprint density at radius 1 is 1.17 bits per heavy atom. The predicted octanol–water partition coefficient (Wildman–Crippen LogP) is 5.19. The number of rotatable bonds is 4. The minimum absolute atomic E-state index is 0.151. The van der Waals surface area contributed by atoms with Crippen LogP contribution >= 0.6 is 11.6 Å². The second-order valence-corrected chi connectivity index (χ2v) is 6.84. The summed E-state index contributed by atoms with van der Waals surface area (Å²) in [6.07, 6.45) is 1.33. The van der Waals surface area contributed by atoms with Crippen molar-refractivity contribution in [3.8, 4) is 17.2 Å². The highest BCUT2D eigenvalue weighted by atomic mass is 35.5. The summed E-state index contributed by atoms with van der Waals surface area (Å²) in [6.45, 7) is 1.68. The highest BCUT2D eigenvalue weighted by Crippen LogP contribution is 2.30. The summed E-state index contributed by atoms with van der Waals surface area (Å²) in [7, 11) is 0. The van der Waals surface area contributed by atoms with Crippen molar-refractivity contribution in [3.05, 3.63) is 80.9 Å². The number of oxazole rings is 1. The summed E-state index contributed by atoms with van der Waals surface area (Å²) in [4.78, 5) is 19.1. The average molecular weight is 407 g/mol. The molecule has 0 fully saturated rings. The summed E-state index contributed by atoms with van der Waals surface area (Å²) in [5.41, 5.74) is 2.79. The molecule has 144 valence electrons. The van der Waals surface area contributed by atoms with Gasteiger partial charge in [-0.1, -0.05) is 23.7 Å². The monoisotopic (exact) mass is 406 g/mol. The minimum Gasteiger partial charge on any atom is -0.867 e. The average Bonchev–Trinajstić information content (AvgIpc) is 3.11. The van der Waals surface area contributed by atoms with Crippen molar-refractivity contribution >= 4 is 40.3 Å². The number of nitrogens with zero attached hydrogens (tertiary/aromatic N) is 3. The molecule has 0 amide bonds. The van der Waals surface area contributed by atoms with Crippen LogP contribution in [0.1, 0.15) is 11.1 Å². The number of aromatic nitrogens is 1. The second-order valence-electron chi connectivity index (χ2n) is 6.40. The number of nitro groups is 1. The quantitative estimate of drug-likeness (QED) is 0.263. The summed E-state index contributed by atoms with van der Waals surface area (Å²) < 4.78 is 5.76. The maximum absolute atomic E-state index is 12.2. The normalized spacial score (nSPS) is 11.4. The van der Waals surface area contributed by atoms with Gasteiger partial charge >= 0.3 is 0 Å². The molecule has 0 bridgehead atoms. The molecule has 0 spiro atoms. The molecule has 0 N–H and O–H groups in total. The van der Waals surface area contributed by atoms with Gasteiger partial charge < -0.3 is 9.52 Å². The van der Waals surface area contributed by atoms with Gasteiger partial charge in [-0.15, -0.1) is 0 Å². The first-order valence-corrected chi connectivity index (χ1v) is 8.95. The van der Waals surface area contributed by atoms with Gasteiger partial charge in [-0.2, -0.15) is 0 Å². The first kappa shape index (κ1) is 18.6. The first-order valence-electron chi connectivity index (χ1n) is 8.57. The second kappa shape index (κ2) is 7.37. The number of aryl methyl sites for hydroxylation is 1. The molecule has 1 heterocycles. The van der Waals surface area contributed by atoms with Crippen molar-refractivity contribution in [1.29, 1.82) is 0 Å². The van der Waals surface area contributed by atoms with E-state index in [0.717, 1.165) is 0 Å². The third kappa shape index (κ3) is 3.81. The zero-order chi connectivity index (χ0) is 20.5. The van der Waals surface area contributed by atoms with Crippen molar-refractivity contribution in [2.75, 3.05) is 0 Å². The smallest absolute Gasteiger partial charge is 0.262 e. The zero-order valence-corrected chi connectivity index (χ0v) is 15.9. The number of hydrogen-bond acceptors (Lipinski definition) is 6. The van der Waals surface area contributed by atoms with Gasteiger partial charge in [0.15, 0.2) is 5.58 Å². The maximum Gasteiger partial charge on any atom is 0.262 e. The number of hydrogen-bond donors (Lipinski definition) is 0. The molecular weight excluding hydrogens is 394 g/mol. The first-order chi connectivity index (χ1) is 13.9. The van der Waals surface area contributed by atoms with Crippen LogP contribution in [0.25, 0.3) is 22.6 Å². The topological polar surface area (TPSA) is 105 Å². The van der Waals surface area contributed by atoms with Crippen molar-refractivity contribution in [2.24, 2.45) is 4.99 Å². The van der Waals surface area contributed by atoms with Gasteiger partial charge in [-0.25, -0.2) is 4.98 Å². The summed E-state index contributed by atoms with van der Waals surface area (Å²) in [5.74, 6) is -0.258. The lowest BCUT2D eigenvalue weighted by Crippen LogP contribution is -2.02. The van der Waals surface area contributed by atoms with E-state index in [0.29, 0.717) is 38.8 Å². The van der Waals surface area contributed by atoms with Crippen molar-refractivity contribution in [1.82, 2.24) is 4.98 Å². The number of aliphatic imine (C=N–C) groups is 1. The fourth-order valence-electron chi connectivity index (χ4n) is 2.90. The molecule has 4 rings (SSSR count). The largest absolute Gasteiger partial charge is 0.867 e. The molecule has 8 heteroatoms. The molecule has 0 atom stereocenters. The van der Waals surface area contributed by atoms with Gasteiger partial charge in [0.25, 0.3) is 5.69 Å². The lowest BCUT2D eigenvalue weighted by molar-refractivity contribution is -0.398. The van der Waals surface area contributed by atoms with Crippen LogP contribution in [-0.4, -0.2) is 16.1 Å². The van der Waals surface area contributed by atoms with Crippen molar-refractivity contribution in [2.45, 2.75) is 6.92 Å². The van der Waals surface area contributed by atoms with E-state index < -0.39 is 16.4 Å². The highest BCUT2D eigenvalue weighted by molar-refractivity contribution is 6.31. The minimum atomic E-state index is -0.688. The van der Waals surface area contributed by atoms with E-state index in [1.165, 1.54) is 12.3 Å². The Kier molecular flexibility index (Phi) is 4.74. The van der Waals surface area contributed by atoms with Gasteiger partial charge in [-0.05, 0) is 60.2 Å².